The molecule has 1 aliphatic rings. The Morgan fingerprint density at radius 1 is 0.707 bits per heavy atom. The van der Waals surface area contributed by atoms with Crippen LogP contribution in [0.2, 0.25) is 0 Å². The van der Waals surface area contributed by atoms with Crippen molar-refractivity contribution in [1.82, 2.24) is 4.98 Å². The molecule has 1 saturated carbocycles. The number of nitrogens with zero attached hydrogens (tertiary/aromatic N) is 1. The molecular formula is C38H51NO2. The maximum absolute atomic E-state index is 10.7. The van der Waals surface area contributed by atoms with Crippen LogP contribution >= 0.6 is 0 Å². The Bertz CT molecular complexity index is 1160. The van der Waals surface area contributed by atoms with Crippen LogP contribution in [0.15, 0.2) is 66.9 Å². The first-order valence-electron chi connectivity index (χ1n) is 16.5. The molecule has 0 amide bonds. The quantitative estimate of drug-likeness (QED) is 0.159. The fourth-order valence-corrected chi connectivity index (χ4v) is 6.71. The van der Waals surface area contributed by atoms with Crippen LogP contribution in [0.1, 0.15) is 127 Å². The minimum atomic E-state index is -0.671. The van der Waals surface area contributed by atoms with Gasteiger partial charge in [0.2, 0.25) is 0 Å². The number of pyridine rings is 1. The van der Waals surface area contributed by atoms with E-state index in [9.17, 15) is 4.79 Å². The molecule has 1 heterocycles. The van der Waals surface area contributed by atoms with Gasteiger partial charge in [-0.15, -0.1) is 0 Å². The molecule has 1 aromatic heterocycles. The third-order valence-corrected chi connectivity index (χ3v) is 9.26. The first-order chi connectivity index (χ1) is 20.1. The number of carboxylic acids is 1. The Kier molecular flexibility index (Phi) is 12.5. The predicted octanol–water partition coefficient (Wildman–Crippen LogP) is 10.9. The molecule has 0 saturated heterocycles. The first-order valence-corrected chi connectivity index (χ1v) is 16.5. The van der Waals surface area contributed by atoms with E-state index < -0.39 is 5.97 Å². The van der Waals surface area contributed by atoms with Crippen molar-refractivity contribution in [2.45, 2.75) is 128 Å². The van der Waals surface area contributed by atoms with Gasteiger partial charge in [0.05, 0.1) is 5.69 Å². The van der Waals surface area contributed by atoms with E-state index >= 15 is 0 Å². The third kappa shape index (κ3) is 9.55. The van der Waals surface area contributed by atoms with Gasteiger partial charge in [-0.1, -0.05) is 132 Å². The van der Waals surface area contributed by atoms with Gasteiger partial charge in [0.15, 0.2) is 0 Å². The van der Waals surface area contributed by atoms with E-state index in [2.05, 4.69) is 73.8 Å². The van der Waals surface area contributed by atoms with Gasteiger partial charge in [0, 0.05) is 18.2 Å². The topological polar surface area (TPSA) is 50.2 Å². The number of rotatable bonds is 18. The number of aromatic nitrogens is 1. The van der Waals surface area contributed by atoms with Crippen LogP contribution in [-0.4, -0.2) is 16.1 Å². The smallest absolute Gasteiger partial charge is 0.303 e. The Morgan fingerprint density at radius 3 is 1.93 bits per heavy atom. The molecule has 0 spiro atoms. The molecular weight excluding hydrogens is 502 g/mol. The molecule has 0 bridgehead atoms. The van der Waals surface area contributed by atoms with Crippen molar-refractivity contribution >= 4 is 5.97 Å². The summed E-state index contributed by atoms with van der Waals surface area (Å²) < 4.78 is 0. The van der Waals surface area contributed by atoms with Crippen molar-refractivity contribution in [3.63, 3.8) is 0 Å². The molecule has 0 atom stereocenters. The van der Waals surface area contributed by atoms with Crippen molar-refractivity contribution in [1.29, 1.82) is 0 Å². The number of unbranched alkanes of at least 4 members (excludes halogenated alkanes) is 9. The lowest BCUT2D eigenvalue weighted by Gasteiger charge is -2.30. The van der Waals surface area contributed by atoms with Crippen molar-refractivity contribution in [3.05, 3.63) is 78.0 Å². The Hall–Kier alpha value is -2.94. The normalized spacial score (nSPS) is 14.4. The largest absolute Gasteiger partial charge is 0.481 e. The van der Waals surface area contributed by atoms with Gasteiger partial charge < -0.3 is 5.11 Å². The van der Waals surface area contributed by atoms with Gasteiger partial charge in [-0.3, -0.25) is 9.78 Å². The Balaban J connectivity index is 1.29. The molecule has 41 heavy (non-hydrogen) atoms. The number of hydrogen-bond acceptors (Lipinski definition) is 2. The van der Waals surface area contributed by atoms with E-state index in [1.54, 1.807) is 0 Å². The lowest BCUT2D eigenvalue weighted by Crippen LogP contribution is -2.21. The van der Waals surface area contributed by atoms with Crippen LogP contribution in [0.25, 0.3) is 22.4 Å². The summed E-state index contributed by atoms with van der Waals surface area (Å²) in [5, 5.41) is 8.82. The van der Waals surface area contributed by atoms with Gasteiger partial charge >= 0.3 is 5.97 Å². The van der Waals surface area contributed by atoms with E-state index in [0.717, 1.165) is 31.4 Å². The molecule has 220 valence electrons. The average molecular weight is 554 g/mol. The maximum Gasteiger partial charge on any atom is 0.303 e. The minimum absolute atomic E-state index is 0.308. The van der Waals surface area contributed by atoms with E-state index in [-0.39, 0.29) is 0 Å². The van der Waals surface area contributed by atoms with Crippen LogP contribution in [0.5, 0.6) is 0 Å². The lowest BCUT2D eigenvalue weighted by molar-refractivity contribution is -0.137. The predicted molar refractivity (Wildman–Crippen MR) is 172 cm³/mol. The molecule has 3 nitrogen and oxygen atoms in total. The van der Waals surface area contributed by atoms with Crippen LogP contribution < -0.4 is 0 Å². The van der Waals surface area contributed by atoms with E-state index in [1.807, 2.05) is 0 Å². The number of aryl methyl sites for hydroxylation is 1. The highest BCUT2D eigenvalue weighted by molar-refractivity contribution is 5.69. The molecule has 3 heteroatoms. The first kappa shape index (κ1) is 31.0. The third-order valence-electron chi connectivity index (χ3n) is 9.26. The molecule has 4 rings (SSSR count). The average Bonchev–Trinajstić information content (AvgIpc) is 3.49. The van der Waals surface area contributed by atoms with Gasteiger partial charge in [-0.2, -0.15) is 0 Å². The van der Waals surface area contributed by atoms with Gasteiger partial charge in [-0.25, -0.2) is 0 Å². The Labute approximate surface area is 248 Å². The fourth-order valence-electron chi connectivity index (χ4n) is 6.71. The molecule has 2 aromatic carbocycles. The molecule has 0 unspecified atom stereocenters. The number of carbonyl (C=O) groups is 1. The van der Waals surface area contributed by atoms with Gasteiger partial charge in [0.1, 0.15) is 0 Å². The van der Waals surface area contributed by atoms with Crippen LogP contribution in [0, 0.1) is 0 Å². The molecule has 0 radical (unpaired) electrons. The summed E-state index contributed by atoms with van der Waals surface area (Å²) in [6.45, 7) is 2.27. The monoisotopic (exact) mass is 553 g/mol. The molecule has 1 aliphatic carbocycles. The van der Waals surface area contributed by atoms with E-state index in [1.165, 1.54) is 111 Å². The summed E-state index contributed by atoms with van der Waals surface area (Å²) in [6.07, 6.45) is 23.4. The number of benzene rings is 2. The van der Waals surface area contributed by atoms with Crippen molar-refractivity contribution < 1.29 is 9.90 Å². The van der Waals surface area contributed by atoms with Gasteiger partial charge in [0.25, 0.3) is 0 Å². The summed E-state index contributed by atoms with van der Waals surface area (Å²) >= 11 is 0. The Morgan fingerprint density at radius 2 is 1.29 bits per heavy atom. The second-order valence-electron chi connectivity index (χ2n) is 12.4. The zero-order valence-corrected chi connectivity index (χ0v) is 25.4. The molecule has 1 N–H and O–H groups in total. The van der Waals surface area contributed by atoms with Crippen LogP contribution in [0.4, 0.5) is 0 Å². The lowest BCUT2D eigenvalue weighted by atomic mass is 9.74. The standard InChI is InChI=1S/C38H51NO2/c1-2-3-4-5-7-10-15-31-17-26-36(39-30-31)34-20-18-32(19-21-34)33-22-24-35(25-23-33)38(28-13-14-29-38)27-12-9-6-8-11-16-37(40)41/h17-26,30H,2-16,27-29H2,1H3,(H,40,41). The fraction of sp³-hybridized carbons (Fsp3) is 0.526. The highest BCUT2D eigenvalue weighted by Gasteiger charge is 2.34. The zero-order valence-electron chi connectivity index (χ0n) is 25.4. The van der Waals surface area contributed by atoms with E-state index in [4.69, 9.17) is 10.1 Å². The molecule has 0 aliphatic heterocycles. The highest BCUT2D eigenvalue weighted by atomic mass is 16.4. The number of carboxylic acid groups (broad SMARTS) is 1. The summed E-state index contributed by atoms with van der Waals surface area (Å²) in [4.78, 5) is 15.5. The van der Waals surface area contributed by atoms with Crippen LogP contribution in [-0.2, 0) is 16.6 Å². The SMILES string of the molecule is CCCCCCCCc1ccc(-c2ccc(-c3ccc(C4(CCCCCCCC(=O)O)CCCC4)cc3)cc2)nc1. The van der Waals surface area contributed by atoms with Crippen molar-refractivity contribution in [2.75, 3.05) is 0 Å². The summed E-state index contributed by atoms with van der Waals surface area (Å²) in [5.74, 6) is -0.671. The summed E-state index contributed by atoms with van der Waals surface area (Å²) in [5.41, 5.74) is 7.92. The molecule has 3 aromatic rings. The number of aliphatic carboxylic acids is 1. The van der Waals surface area contributed by atoms with Crippen LogP contribution in [0.3, 0.4) is 0 Å². The maximum atomic E-state index is 10.7. The van der Waals surface area contributed by atoms with Gasteiger partial charge in [-0.05, 0) is 72.3 Å². The van der Waals surface area contributed by atoms with Crippen molar-refractivity contribution in [3.8, 4) is 22.4 Å². The summed E-state index contributed by atoms with van der Waals surface area (Å²) in [7, 11) is 0. The molecule has 1 fully saturated rings. The van der Waals surface area contributed by atoms with E-state index in [0.29, 0.717) is 11.8 Å². The second kappa shape index (κ2) is 16.5. The zero-order chi connectivity index (χ0) is 28.8. The second-order valence-corrected chi connectivity index (χ2v) is 12.4. The minimum Gasteiger partial charge on any atom is -0.481 e. The number of hydrogen-bond donors (Lipinski definition) is 1. The highest BCUT2D eigenvalue weighted by Crippen LogP contribution is 2.45. The van der Waals surface area contributed by atoms with Crippen molar-refractivity contribution in [2.24, 2.45) is 0 Å². The summed E-state index contributed by atoms with van der Waals surface area (Å²) in [6, 6.07) is 22.7.